The van der Waals surface area contributed by atoms with Gasteiger partial charge >= 0.3 is 0 Å². The summed E-state index contributed by atoms with van der Waals surface area (Å²) in [6.07, 6.45) is 2.00. The first-order valence-electron chi connectivity index (χ1n) is 4.58. The molecule has 0 amide bonds. The van der Waals surface area contributed by atoms with Gasteiger partial charge in [0.25, 0.3) is 0 Å². The summed E-state index contributed by atoms with van der Waals surface area (Å²) in [7, 11) is 0. The van der Waals surface area contributed by atoms with Crippen LogP contribution >= 0.6 is 24.0 Å². The molecule has 1 saturated heterocycles. The van der Waals surface area contributed by atoms with Gasteiger partial charge in [-0.25, -0.2) is 0 Å². The van der Waals surface area contributed by atoms with Crippen molar-refractivity contribution in [3.05, 3.63) is 0 Å². The van der Waals surface area contributed by atoms with Crippen molar-refractivity contribution in [2.24, 2.45) is 0 Å². The number of hydrogen-bond donors (Lipinski definition) is 2. The highest BCUT2D eigenvalue weighted by atomic mass is 32.2. The molecule has 0 aromatic carbocycles. The second-order valence-electron chi connectivity index (χ2n) is 3.01. The third-order valence-corrected chi connectivity index (χ3v) is 3.25. The van der Waals surface area contributed by atoms with Gasteiger partial charge in [-0.3, -0.25) is 4.90 Å². The standard InChI is InChI=1S/C8H17N3S2/c1-13-8(12)10-4-7-11-5-2-9-3-6-11/h9H,2-7H2,1H3,(H,10,12). The molecule has 1 rings (SSSR count). The van der Waals surface area contributed by atoms with Crippen LogP contribution in [0.1, 0.15) is 0 Å². The van der Waals surface area contributed by atoms with E-state index in [4.69, 9.17) is 12.2 Å². The number of thiocarbonyl (C=S) groups is 1. The summed E-state index contributed by atoms with van der Waals surface area (Å²) < 4.78 is 0.898. The Hall–Kier alpha value is 0.160. The van der Waals surface area contributed by atoms with Gasteiger partial charge in [0, 0.05) is 39.3 Å². The Morgan fingerprint density at radius 1 is 1.54 bits per heavy atom. The smallest absolute Gasteiger partial charge is 0.133 e. The highest BCUT2D eigenvalue weighted by molar-refractivity contribution is 8.22. The molecule has 5 heteroatoms. The van der Waals surface area contributed by atoms with Crippen LogP contribution in [-0.4, -0.2) is 54.7 Å². The molecule has 0 aromatic rings. The molecule has 1 aliphatic rings. The van der Waals surface area contributed by atoms with E-state index in [1.807, 2.05) is 6.26 Å². The zero-order chi connectivity index (χ0) is 9.52. The van der Waals surface area contributed by atoms with Crippen LogP contribution in [0.4, 0.5) is 0 Å². The molecule has 1 aliphatic heterocycles. The minimum Gasteiger partial charge on any atom is -0.370 e. The molecule has 0 bridgehead atoms. The van der Waals surface area contributed by atoms with Gasteiger partial charge in [-0.05, 0) is 6.26 Å². The molecule has 2 N–H and O–H groups in total. The predicted molar refractivity (Wildman–Crippen MR) is 63.4 cm³/mol. The number of piperazine rings is 1. The molecule has 0 radical (unpaired) electrons. The van der Waals surface area contributed by atoms with Crippen LogP contribution in [0.2, 0.25) is 0 Å². The lowest BCUT2D eigenvalue weighted by Crippen LogP contribution is -2.46. The third-order valence-electron chi connectivity index (χ3n) is 2.09. The van der Waals surface area contributed by atoms with Gasteiger partial charge in [-0.15, -0.1) is 11.8 Å². The van der Waals surface area contributed by atoms with Gasteiger partial charge in [0.2, 0.25) is 0 Å². The van der Waals surface area contributed by atoms with E-state index >= 15 is 0 Å². The summed E-state index contributed by atoms with van der Waals surface area (Å²) in [5.41, 5.74) is 0. The Labute approximate surface area is 89.6 Å². The average Bonchev–Trinajstić information content (AvgIpc) is 2.19. The molecule has 1 fully saturated rings. The van der Waals surface area contributed by atoms with Gasteiger partial charge < -0.3 is 10.6 Å². The summed E-state index contributed by atoms with van der Waals surface area (Å²) in [5.74, 6) is 0. The molecule has 76 valence electrons. The monoisotopic (exact) mass is 219 g/mol. The normalized spacial score (nSPS) is 18.5. The number of rotatable bonds is 3. The van der Waals surface area contributed by atoms with Crippen molar-refractivity contribution < 1.29 is 0 Å². The molecule has 0 spiro atoms. The number of thioether (sulfide) groups is 1. The SMILES string of the molecule is CSC(=S)NCCN1CCNCC1. The molecule has 0 unspecified atom stereocenters. The zero-order valence-electron chi connectivity index (χ0n) is 8.01. The first kappa shape index (κ1) is 11.2. The Bertz CT molecular complexity index is 157. The quantitative estimate of drug-likeness (QED) is 0.658. The van der Waals surface area contributed by atoms with Crippen molar-refractivity contribution in [3.8, 4) is 0 Å². The van der Waals surface area contributed by atoms with Crippen LogP contribution in [0.15, 0.2) is 0 Å². The van der Waals surface area contributed by atoms with Crippen LogP contribution < -0.4 is 10.6 Å². The molecular formula is C8H17N3S2. The molecule has 3 nitrogen and oxygen atoms in total. The van der Waals surface area contributed by atoms with Crippen LogP contribution in [0.5, 0.6) is 0 Å². The predicted octanol–water partition coefficient (Wildman–Crippen LogP) is 0.129. The fourth-order valence-electron chi connectivity index (χ4n) is 1.32. The molecule has 13 heavy (non-hydrogen) atoms. The van der Waals surface area contributed by atoms with E-state index in [1.54, 1.807) is 11.8 Å². The van der Waals surface area contributed by atoms with Crippen molar-refractivity contribution in [1.29, 1.82) is 0 Å². The number of nitrogens with one attached hydrogen (secondary N) is 2. The van der Waals surface area contributed by atoms with Gasteiger partial charge in [-0.2, -0.15) is 0 Å². The van der Waals surface area contributed by atoms with E-state index in [0.717, 1.165) is 43.6 Å². The van der Waals surface area contributed by atoms with Crippen LogP contribution in [-0.2, 0) is 0 Å². The van der Waals surface area contributed by atoms with Gasteiger partial charge in [0.15, 0.2) is 0 Å². The van der Waals surface area contributed by atoms with Crippen LogP contribution in [0.25, 0.3) is 0 Å². The fourth-order valence-corrected chi connectivity index (χ4v) is 1.67. The van der Waals surface area contributed by atoms with Crippen LogP contribution in [0.3, 0.4) is 0 Å². The molecule has 0 atom stereocenters. The summed E-state index contributed by atoms with van der Waals surface area (Å²) in [6, 6.07) is 0. The van der Waals surface area contributed by atoms with E-state index in [0.29, 0.717) is 0 Å². The number of hydrogen-bond acceptors (Lipinski definition) is 4. The van der Waals surface area contributed by atoms with Crippen LogP contribution in [0, 0.1) is 0 Å². The maximum Gasteiger partial charge on any atom is 0.133 e. The van der Waals surface area contributed by atoms with Crippen molar-refractivity contribution >= 4 is 28.3 Å². The Balaban J connectivity index is 2.01. The van der Waals surface area contributed by atoms with Gasteiger partial charge in [0.1, 0.15) is 4.32 Å². The van der Waals surface area contributed by atoms with Gasteiger partial charge in [-0.1, -0.05) is 12.2 Å². The van der Waals surface area contributed by atoms with E-state index in [1.165, 1.54) is 0 Å². The van der Waals surface area contributed by atoms with Crippen molar-refractivity contribution in [2.45, 2.75) is 0 Å². The maximum absolute atomic E-state index is 5.04. The summed E-state index contributed by atoms with van der Waals surface area (Å²) in [4.78, 5) is 2.45. The van der Waals surface area contributed by atoms with E-state index < -0.39 is 0 Å². The van der Waals surface area contributed by atoms with Gasteiger partial charge in [0.05, 0.1) is 0 Å². The lowest BCUT2D eigenvalue weighted by Gasteiger charge is -2.27. The van der Waals surface area contributed by atoms with E-state index in [9.17, 15) is 0 Å². The summed E-state index contributed by atoms with van der Waals surface area (Å²) in [6.45, 7) is 6.63. The minimum absolute atomic E-state index is 0.898. The zero-order valence-corrected chi connectivity index (χ0v) is 9.64. The van der Waals surface area contributed by atoms with Crippen molar-refractivity contribution in [2.75, 3.05) is 45.5 Å². The molecule has 0 aliphatic carbocycles. The fraction of sp³-hybridized carbons (Fsp3) is 0.875. The first-order valence-corrected chi connectivity index (χ1v) is 6.21. The lowest BCUT2D eigenvalue weighted by atomic mass is 10.3. The van der Waals surface area contributed by atoms with E-state index in [2.05, 4.69) is 15.5 Å². The average molecular weight is 219 g/mol. The molecule has 1 heterocycles. The lowest BCUT2D eigenvalue weighted by molar-refractivity contribution is 0.245. The maximum atomic E-state index is 5.04. The Morgan fingerprint density at radius 3 is 2.85 bits per heavy atom. The largest absolute Gasteiger partial charge is 0.370 e. The second kappa shape index (κ2) is 6.59. The first-order chi connectivity index (χ1) is 6.33. The highest BCUT2D eigenvalue weighted by Crippen LogP contribution is 1.94. The third kappa shape index (κ3) is 4.81. The summed E-state index contributed by atoms with van der Waals surface area (Å²) >= 11 is 6.64. The summed E-state index contributed by atoms with van der Waals surface area (Å²) in [5, 5.41) is 6.55. The molecular weight excluding hydrogens is 202 g/mol. The van der Waals surface area contributed by atoms with Crippen molar-refractivity contribution in [3.63, 3.8) is 0 Å². The Morgan fingerprint density at radius 2 is 2.23 bits per heavy atom. The van der Waals surface area contributed by atoms with E-state index in [-0.39, 0.29) is 0 Å². The number of nitrogens with zero attached hydrogens (tertiary/aromatic N) is 1. The topological polar surface area (TPSA) is 27.3 Å². The second-order valence-corrected chi connectivity index (χ2v) is 4.49. The molecule has 0 saturated carbocycles. The highest BCUT2D eigenvalue weighted by Gasteiger charge is 2.07. The minimum atomic E-state index is 0.898. The van der Waals surface area contributed by atoms with Crippen molar-refractivity contribution in [1.82, 2.24) is 15.5 Å². The Kier molecular flexibility index (Phi) is 5.70. The molecule has 0 aromatic heterocycles.